The van der Waals surface area contributed by atoms with E-state index in [9.17, 15) is 9.90 Å². The Hall–Kier alpha value is -1.26. The number of carbonyl (C=O) groups is 1. The molecule has 0 spiro atoms. The summed E-state index contributed by atoms with van der Waals surface area (Å²) in [6.45, 7) is 3.55. The van der Waals surface area contributed by atoms with Gasteiger partial charge in [0.05, 0.1) is 6.61 Å². The zero-order valence-electron chi connectivity index (χ0n) is 11.6. The summed E-state index contributed by atoms with van der Waals surface area (Å²) in [5.74, 6) is 0.0382. The Labute approximate surface area is 124 Å². The van der Waals surface area contributed by atoms with Crippen molar-refractivity contribution in [1.29, 1.82) is 0 Å². The summed E-state index contributed by atoms with van der Waals surface area (Å²) in [7, 11) is 0. The minimum absolute atomic E-state index is 0.172. The van der Waals surface area contributed by atoms with Crippen LogP contribution in [0.4, 0.5) is 0 Å². The summed E-state index contributed by atoms with van der Waals surface area (Å²) in [5.41, 5.74) is 0.744. The van der Waals surface area contributed by atoms with Crippen molar-refractivity contribution in [3.05, 3.63) is 28.8 Å². The Morgan fingerprint density at radius 3 is 3.05 bits per heavy atom. The van der Waals surface area contributed by atoms with Crippen LogP contribution >= 0.6 is 11.6 Å². The van der Waals surface area contributed by atoms with E-state index in [1.54, 1.807) is 18.2 Å². The van der Waals surface area contributed by atoms with E-state index in [2.05, 4.69) is 4.90 Å². The number of aromatic hydroxyl groups is 1. The lowest BCUT2D eigenvalue weighted by Gasteiger charge is -2.34. The maximum Gasteiger partial charge on any atom is 0.323 e. The number of likely N-dealkylation sites (tertiary alicyclic amines) is 1. The molecule has 5 heteroatoms. The molecule has 0 aromatic heterocycles. The molecule has 0 amide bonds. The third kappa shape index (κ3) is 3.64. The highest BCUT2D eigenvalue weighted by Gasteiger charge is 2.30. The first-order chi connectivity index (χ1) is 9.61. The van der Waals surface area contributed by atoms with Crippen LogP contribution in [0.15, 0.2) is 18.2 Å². The summed E-state index contributed by atoms with van der Waals surface area (Å²) in [6.07, 6.45) is 2.89. The molecular formula is C15H20ClNO3. The predicted octanol–water partition coefficient (Wildman–Crippen LogP) is 2.96. The second-order valence-electron chi connectivity index (χ2n) is 5.01. The van der Waals surface area contributed by atoms with Gasteiger partial charge in [0.1, 0.15) is 11.8 Å². The zero-order chi connectivity index (χ0) is 14.5. The summed E-state index contributed by atoms with van der Waals surface area (Å²) in [5, 5.41) is 10.5. The van der Waals surface area contributed by atoms with Gasteiger partial charge in [0.15, 0.2) is 0 Å². The minimum Gasteiger partial charge on any atom is -0.508 e. The van der Waals surface area contributed by atoms with Crippen LogP contribution in [0, 0.1) is 0 Å². The lowest BCUT2D eigenvalue weighted by molar-refractivity contribution is -0.151. The van der Waals surface area contributed by atoms with Crippen LogP contribution in [-0.2, 0) is 16.1 Å². The number of phenolic OH excluding ortho intramolecular Hbond substituents is 1. The molecule has 0 bridgehead atoms. The summed E-state index contributed by atoms with van der Waals surface area (Å²) >= 11 is 5.96. The molecule has 1 aromatic rings. The van der Waals surface area contributed by atoms with Crippen LogP contribution in [0.1, 0.15) is 31.7 Å². The van der Waals surface area contributed by atoms with Crippen molar-refractivity contribution >= 4 is 17.6 Å². The quantitative estimate of drug-likeness (QED) is 0.868. The number of benzene rings is 1. The van der Waals surface area contributed by atoms with Gasteiger partial charge < -0.3 is 9.84 Å². The Kier molecular flexibility index (Phi) is 5.26. The number of hydrogen-bond acceptors (Lipinski definition) is 4. The third-order valence-corrected chi connectivity index (χ3v) is 3.82. The highest BCUT2D eigenvalue weighted by Crippen LogP contribution is 2.26. The molecule has 0 radical (unpaired) electrons. The van der Waals surface area contributed by atoms with Crippen LogP contribution < -0.4 is 0 Å². The fraction of sp³-hybridized carbons (Fsp3) is 0.533. The SMILES string of the molecule is CCOC(=O)[C@H]1CCCCN1Cc1cc(Cl)ccc1O. The van der Waals surface area contributed by atoms with Gasteiger partial charge in [-0.1, -0.05) is 18.0 Å². The number of piperidine rings is 1. The van der Waals surface area contributed by atoms with Gasteiger partial charge in [-0.25, -0.2) is 0 Å². The van der Waals surface area contributed by atoms with Crippen LogP contribution in [-0.4, -0.2) is 35.2 Å². The molecule has 1 aliphatic heterocycles. The zero-order valence-corrected chi connectivity index (χ0v) is 12.4. The van der Waals surface area contributed by atoms with Gasteiger partial charge in [-0.15, -0.1) is 0 Å². The van der Waals surface area contributed by atoms with E-state index in [0.717, 1.165) is 31.4 Å². The molecule has 1 atom stereocenters. The number of phenols is 1. The Bertz CT molecular complexity index is 478. The second-order valence-corrected chi connectivity index (χ2v) is 5.44. The van der Waals surface area contributed by atoms with Gasteiger partial charge in [-0.05, 0) is 44.5 Å². The lowest BCUT2D eigenvalue weighted by atomic mass is 10.0. The summed E-state index contributed by atoms with van der Waals surface area (Å²) in [4.78, 5) is 14.1. The average Bonchev–Trinajstić information content (AvgIpc) is 2.44. The van der Waals surface area contributed by atoms with Gasteiger partial charge >= 0.3 is 5.97 Å². The van der Waals surface area contributed by atoms with Crippen molar-refractivity contribution in [3.8, 4) is 5.75 Å². The number of halogens is 1. The van der Waals surface area contributed by atoms with Gasteiger partial charge in [0, 0.05) is 17.1 Å². The standard InChI is InChI=1S/C15H20ClNO3/c1-2-20-15(19)13-5-3-4-8-17(13)10-11-9-12(16)6-7-14(11)18/h6-7,9,13,18H,2-5,8,10H2,1H3/t13-/m1/s1. The average molecular weight is 298 g/mol. The molecule has 4 nitrogen and oxygen atoms in total. The van der Waals surface area contributed by atoms with Crippen molar-refractivity contribution in [1.82, 2.24) is 4.90 Å². The van der Waals surface area contributed by atoms with E-state index in [4.69, 9.17) is 16.3 Å². The first kappa shape index (κ1) is 15.1. The van der Waals surface area contributed by atoms with Crippen molar-refractivity contribution in [2.24, 2.45) is 0 Å². The maximum atomic E-state index is 12.0. The molecule has 110 valence electrons. The van der Waals surface area contributed by atoms with Crippen molar-refractivity contribution in [2.75, 3.05) is 13.2 Å². The topological polar surface area (TPSA) is 49.8 Å². The summed E-state index contributed by atoms with van der Waals surface area (Å²) < 4.78 is 5.13. The second kappa shape index (κ2) is 6.95. The van der Waals surface area contributed by atoms with Crippen molar-refractivity contribution in [2.45, 2.75) is 38.8 Å². The molecule has 0 unspecified atom stereocenters. The van der Waals surface area contributed by atoms with E-state index in [1.807, 2.05) is 6.92 Å². The predicted molar refractivity (Wildman–Crippen MR) is 77.8 cm³/mol. The van der Waals surface area contributed by atoms with Crippen LogP contribution in [0.5, 0.6) is 5.75 Å². The number of ether oxygens (including phenoxy) is 1. The molecule has 1 fully saturated rings. The normalized spacial score (nSPS) is 19.8. The Morgan fingerprint density at radius 1 is 1.50 bits per heavy atom. The third-order valence-electron chi connectivity index (χ3n) is 3.59. The van der Waals surface area contributed by atoms with Crippen molar-refractivity contribution in [3.63, 3.8) is 0 Å². The fourth-order valence-electron chi connectivity index (χ4n) is 2.59. The molecule has 2 rings (SSSR count). The van der Waals surface area contributed by atoms with E-state index in [1.165, 1.54) is 0 Å². The number of hydrogen-bond donors (Lipinski definition) is 1. The first-order valence-electron chi connectivity index (χ1n) is 7.00. The highest BCUT2D eigenvalue weighted by molar-refractivity contribution is 6.30. The molecule has 1 N–H and O–H groups in total. The molecule has 1 heterocycles. The van der Waals surface area contributed by atoms with Gasteiger partial charge in [0.2, 0.25) is 0 Å². The van der Waals surface area contributed by atoms with Crippen LogP contribution in [0.25, 0.3) is 0 Å². The molecule has 0 aliphatic carbocycles. The van der Waals surface area contributed by atoms with Gasteiger partial charge in [-0.2, -0.15) is 0 Å². The summed E-state index contributed by atoms with van der Waals surface area (Å²) in [6, 6.07) is 4.76. The van der Waals surface area contributed by atoms with E-state index < -0.39 is 0 Å². The maximum absolute atomic E-state index is 12.0. The number of nitrogens with zero attached hydrogens (tertiary/aromatic N) is 1. The van der Waals surface area contributed by atoms with Gasteiger partial charge in [0.25, 0.3) is 0 Å². The van der Waals surface area contributed by atoms with Crippen molar-refractivity contribution < 1.29 is 14.6 Å². The smallest absolute Gasteiger partial charge is 0.323 e. The molecule has 0 saturated carbocycles. The first-order valence-corrected chi connectivity index (χ1v) is 7.37. The van der Waals surface area contributed by atoms with Crippen LogP contribution in [0.3, 0.4) is 0 Å². The van der Waals surface area contributed by atoms with E-state index >= 15 is 0 Å². The van der Waals surface area contributed by atoms with Gasteiger partial charge in [-0.3, -0.25) is 9.69 Å². The van der Waals surface area contributed by atoms with E-state index in [0.29, 0.717) is 18.2 Å². The Balaban J connectivity index is 2.12. The molecule has 1 aliphatic rings. The molecular weight excluding hydrogens is 278 g/mol. The number of carbonyl (C=O) groups excluding carboxylic acids is 1. The Morgan fingerprint density at radius 2 is 2.30 bits per heavy atom. The number of rotatable bonds is 4. The number of esters is 1. The highest BCUT2D eigenvalue weighted by atomic mass is 35.5. The largest absolute Gasteiger partial charge is 0.508 e. The molecule has 20 heavy (non-hydrogen) atoms. The van der Waals surface area contributed by atoms with E-state index in [-0.39, 0.29) is 17.8 Å². The lowest BCUT2D eigenvalue weighted by Crippen LogP contribution is -2.44. The monoisotopic (exact) mass is 297 g/mol. The molecule has 1 aromatic carbocycles. The van der Waals surface area contributed by atoms with Crippen LogP contribution in [0.2, 0.25) is 5.02 Å². The molecule has 1 saturated heterocycles. The minimum atomic E-state index is -0.220. The fourth-order valence-corrected chi connectivity index (χ4v) is 2.78.